The van der Waals surface area contributed by atoms with E-state index in [0.29, 0.717) is 12.3 Å². The normalized spacial score (nSPS) is 13.3. The highest BCUT2D eigenvalue weighted by molar-refractivity contribution is 6.31. The molecule has 0 spiro atoms. The van der Waals surface area contributed by atoms with Crippen LogP contribution in [0, 0.1) is 11.7 Å². The molecule has 0 aliphatic heterocycles. The van der Waals surface area contributed by atoms with Crippen LogP contribution in [0.15, 0.2) is 18.2 Å². The summed E-state index contributed by atoms with van der Waals surface area (Å²) in [5.74, 6) is -0.00513. The highest BCUT2D eigenvalue weighted by atomic mass is 35.5. The van der Waals surface area contributed by atoms with Crippen LogP contribution >= 0.6 is 11.6 Å². The van der Waals surface area contributed by atoms with E-state index in [9.17, 15) is 4.39 Å². The van der Waals surface area contributed by atoms with E-state index in [2.05, 4.69) is 0 Å². The fourth-order valence-corrected chi connectivity index (χ4v) is 1.40. The molecule has 14 heavy (non-hydrogen) atoms. The Morgan fingerprint density at radius 2 is 2.07 bits per heavy atom. The van der Waals surface area contributed by atoms with Crippen molar-refractivity contribution in [2.24, 2.45) is 11.7 Å². The summed E-state index contributed by atoms with van der Waals surface area (Å²) in [4.78, 5) is 0. The van der Waals surface area contributed by atoms with Gasteiger partial charge in [-0.1, -0.05) is 37.6 Å². The van der Waals surface area contributed by atoms with Gasteiger partial charge in [-0.2, -0.15) is 0 Å². The molecule has 0 aromatic heterocycles. The minimum absolute atomic E-state index is 0.0225. The molecule has 0 fully saturated rings. The highest BCUT2D eigenvalue weighted by Crippen LogP contribution is 2.21. The first-order chi connectivity index (χ1) is 6.52. The van der Waals surface area contributed by atoms with E-state index in [1.807, 2.05) is 19.9 Å². The lowest BCUT2D eigenvalue weighted by Gasteiger charge is -2.16. The van der Waals surface area contributed by atoms with E-state index in [1.54, 1.807) is 6.07 Å². The van der Waals surface area contributed by atoms with Gasteiger partial charge < -0.3 is 5.73 Å². The molecule has 1 unspecified atom stereocenters. The fourth-order valence-electron chi connectivity index (χ4n) is 1.20. The Labute approximate surface area is 89.1 Å². The van der Waals surface area contributed by atoms with Crippen LogP contribution in [-0.4, -0.2) is 6.04 Å². The lowest BCUT2D eigenvalue weighted by Crippen LogP contribution is -2.28. The third-order valence-electron chi connectivity index (χ3n) is 2.34. The average molecular weight is 216 g/mol. The molecule has 0 aliphatic carbocycles. The van der Waals surface area contributed by atoms with Crippen LogP contribution in [0.3, 0.4) is 0 Å². The summed E-state index contributed by atoms with van der Waals surface area (Å²) in [5, 5.41) is 0.198. The average Bonchev–Trinajstić information content (AvgIpc) is 2.12. The Kier molecular flexibility index (Phi) is 3.90. The van der Waals surface area contributed by atoms with Crippen LogP contribution in [0.1, 0.15) is 19.4 Å². The molecule has 78 valence electrons. The van der Waals surface area contributed by atoms with Crippen molar-refractivity contribution in [3.05, 3.63) is 34.6 Å². The van der Waals surface area contributed by atoms with Crippen molar-refractivity contribution in [3.63, 3.8) is 0 Å². The summed E-state index contributed by atoms with van der Waals surface area (Å²) in [7, 11) is 0. The first-order valence-electron chi connectivity index (χ1n) is 4.71. The van der Waals surface area contributed by atoms with Crippen molar-refractivity contribution in [2.75, 3.05) is 0 Å². The molecule has 1 atom stereocenters. The summed E-state index contributed by atoms with van der Waals surface area (Å²) in [5.41, 5.74) is 6.67. The maximum absolute atomic E-state index is 13.1. The predicted octanol–water partition coefficient (Wildman–Crippen LogP) is 3.00. The zero-order valence-electron chi connectivity index (χ0n) is 8.43. The lowest BCUT2D eigenvalue weighted by atomic mass is 9.97. The molecule has 3 heteroatoms. The van der Waals surface area contributed by atoms with Gasteiger partial charge in [0.15, 0.2) is 0 Å². The lowest BCUT2D eigenvalue weighted by molar-refractivity contribution is 0.489. The van der Waals surface area contributed by atoms with Crippen LogP contribution in [-0.2, 0) is 6.42 Å². The van der Waals surface area contributed by atoms with Crippen molar-refractivity contribution >= 4 is 11.6 Å². The van der Waals surface area contributed by atoms with Gasteiger partial charge in [-0.3, -0.25) is 0 Å². The molecule has 2 N–H and O–H groups in total. The van der Waals surface area contributed by atoms with Gasteiger partial charge in [-0.05, 0) is 24.0 Å². The first-order valence-corrected chi connectivity index (χ1v) is 5.08. The van der Waals surface area contributed by atoms with E-state index in [4.69, 9.17) is 17.3 Å². The van der Waals surface area contributed by atoms with Gasteiger partial charge in [-0.15, -0.1) is 0 Å². The molecule has 0 bridgehead atoms. The number of nitrogens with two attached hydrogens (primary N) is 1. The topological polar surface area (TPSA) is 26.0 Å². The number of hydrogen-bond acceptors (Lipinski definition) is 1. The Balaban J connectivity index is 2.82. The number of benzene rings is 1. The maximum Gasteiger partial charge on any atom is 0.142 e. The molecular formula is C11H15ClFN. The third kappa shape index (κ3) is 2.69. The summed E-state index contributed by atoms with van der Waals surface area (Å²) >= 11 is 5.81. The van der Waals surface area contributed by atoms with Crippen molar-refractivity contribution < 1.29 is 4.39 Å². The zero-order chi connectivity index (χ0) is 10.7. The highest BCUT2D eigenvalue weighted by Gasteiger charge is 2.12. The second kappa shape index (κ2) is 4.76. The second-order valence-corrected chi connectivity index (χ2v) is 4.20. The molecule has 0 amide bonds. The van der Waals surface area contributed by atoms with E-state index in [-0.39, 0.29) is 16.9 Å². The quantitative estimate of drug-likeness (QED) is 0.824. The molecule has 1 aromatic rings. The molecular weight excluding hydrogens is 201 g/mol. The molecule has 1 rings (SSSR count). The van der Waals surface area contributed by atoms with Crippen molar-refractivity contribution in [3.8, 4) is 0 Å². The molecule has 0 saturated carbocycles. The van der Waals surface area contributed by atoms with Crippen LogP contribution < -0.4 is 5.73 Å². The molecule has 0 saturated heterocycles. The first kappa shape index (κ1) is 11.5. The number of rotatable bonds is 3. The fraction of sp³-hybridized carbons (Fsp3) is 0.455. The predicted molar refractivity (Wildman–Crippen MR) is 57.9 cm³/mol. The number of halogens is 2. The molecule has 1 nitrogen and oxygen atoms in total. The molecule has 0 aliphatic rings. The zero-order valence-corrected chi connectivity index (χ0v) is 9.18. The van der Waals surface area contributed by atoms with Crippen molar-refractivity contribution in [2.45, 2.75) is 26.3 Å². The summed E-state index contributed by atoms with van der Waals surface area (Å²) in [6.07, 6.45) is 0.619. The SMILES string of the molecule is CC(C)C(N)Cc1cccc(F)c1Cl. The van der Waals surface area contributed by atoms with Gasteiger partial charge >= 0.3 is 0 Å². The maximum atomic E-state index is 13.1. The van der Waals surface area contributed by atoms with Crippen molar-refractivity contribution in [1.82, 2.24) is 0 Å². The van der Waals surface area contributed by atoms with E-state index in [1.165, 1.54) is 6.07 Å². The standard InChI is InChI=1S/C11H15ClFN/c1-7(2)10(14)6-8-4-3-5-9(13)11(8)12/h3-5,7,10H,6,14H2,1-2H3. The van der Waals surface area contributed by atoms with Gasteiger partial charge in [0.1, 0.15) is 5.82 Å². The van der Waals surface area contributed by atoms with E-state index < -0.39 is 0 Å². The summed E-state index contributed by atoms with van der Waals surface area (Å²) in [6, 6.07) is 4.85. The smallest absolute Gasteiger partial charge is 0.142 e. The summed E-state index contributed by atoms with van der Waals surface area (Å²) in [6.45, 7) is 4.08. The van der Waals surface area contributed by atoms with Crippen molar-refractivity contribution in [1.29, 1.82) is 0 Å². The molecule has 0 radical (unpaired) electrons. The second-order valence-electron chi connectivity index (χ2n) is 3.82. The van der Waals surface area contributed by atoms with E-state index in [0.717, 1.165) is 5.56 Å². The Morgan fingerprint density at radius 3 is 2.64 bits per heavy atom. The monoisotopic (exact) mass is 215 g/mol. The third-order valence-corrected chi connectivity index (χ3v) is 2.77. The molecule has 0 heterocycles. The summed E-state index contributed by atoms with van der Waals surface area (Å²) < 4.78 is 13.1. The number of hydrogen-bond donors (Lipinski definition) is 1. The van der Waals surface area contributed by atoms with Gasteiger partial charge in [-0.25, -0.2) is 4.39 Å². The van der Waals surface area contributed by atoms with Crippen LogP contribution in [0.4, 0.5) is 4.39 Å². The van der Waals surface area contributed by atoms with Crippen LogP contribution in [0.25, 0.3) is 0 Å². The van der Waals surface area contributed by atoms with Gasteiger partial charge in [0.25, 0.3) is 0 Å². The van der Waals surface area contributed by atoms with Gasteiger partial charge in [0.05, 0.1) is 5.02 Å². The molecule has 1 aromatic carbocycles. The van der Waals surface area contributed by atoms with Gasteiger partial charge in [0.2, 0.25) is 0 Å². The minimum Gasteiger partial charge on any atom is -0.327 e. The van der Waals surface area contributed by atoms with Crippen LogP contribution in [0.5, 0.6) is 0 Å². The Bertz CT molecular complexity index is 312. The largest absolute Gasteiger partial charge is 0.327 e. The van der Waals surface area contributed by atoms with Gasteiger partial charge in [0, 0.05) is 6.04 Å². The Hall–Kier alpha value is -0.600. The van der Waals surface area contributed by atoms with E-state index >= 15 is 0 Å². The van der Waals surface area contributed by atoms with Crippen LogP contribution in [0.2, 0.25) is 5.02 Å². The Morgan fingerprint density at radius 1 is 1.43 bits per heavy atom. The minimum atomic E-state index is -0.375.